The van der Waals surface area contributed by atoms with Crippen LogP contribution in [0.3, 0.4) is 0 Å². The predicted molar refractivity (Wildman–Crippen MR) is 65.3 cm³/mol. The Kier molecular flexibility index (Phi) is 3.03. The Morgan fingerprint density at radius 1 is 1.47 bits per heavy atom. The molecule has 1 aliphatic carbocycles. The second kappa shape index (κ2) is 4.15. The van der Waals surface area contributed by atoms with Crippen molar-refractivity contribution >= 4 is 11.6 Å². The molecule has 82 valence electrons. The van der Waals surface area contributed by atoms with E-state index in [1.807, 2.05) is 12.1 Å². The Bertz CT molecular complexity index is 344. The van der Waals surface area contributed by atoms with Gasteiger partial charge in [-0.25, -0.2) is 0 Å². The van der Waals surface area contributed by atoms with E-state index in [1.54, 1.807) is 0 Å². The number of rotatable bonds is 4. The summed E-state index contributed by atoms with van der Waals surface area (Å²) >= 11 is 5.98. The molecule has 2 heteroatoms. The van der Waals surface area contributed by atoms with Crippen LogP contribution in [0.25, 0.3) is 0 Å². The van der Waals surface area contributed by atoms with Gasteiger partial charge in [0, 0.05) is 11.1 Å². The number of halogens is 1. The van der Waals surface area contributed by atoms with Crippen molar-refractivity contribution in [3.05, 3.63) is 34.9 Å². The molecule has 1 aromatic rings. The Balaban J connectivity index is 2.06. The highest BCUT2D eigenvalue weighted by molar-refractivity contribution is 6.30. The van der Waals surface area contributed by atoms with Crippen molar-refractivity contribution in [1.82, 2.24) is 5.32 Å². The van der Waals surface area contributed by atoms with Gasteiger partial charge in [0.2, 0.25) is 0 Å². The maximum Gasteiger partial charge on any atom is 0.0408 e. The molecule has 1 aromatic carbocycles. The lowest BCUT2D eigenvalue weighted by molar-refractivity contribution is 0.376. The minimum atomic E-state index is 0.511. The van der Waals surface area contributed by atoms with Gasteiger partial charge in [0.05, 0.1) is 0 Å². The summed E-state index contributed by atoms with van der Waals surface area (Å²) in [7, 11) is 2.05. The van der Waals surface area contributed by atoms with E-state index < -0.39 is 0 Å². The normalized spacial score (nSPS) is 19.9. The first-order chi connectivity index (χ1) is 7.14. The average molecular weight is 224 g/mol. The zero-order valence-corrected chi connectivity index (χ0v) is 10.1. The number of benzene rings is 1. The van der Waals surface area contributed by atoms with Crippen molar-refractivity contribution in [3.8, 4) is 0 Å². The van der Waals surface area contributed by atoms with Crippen LogP contribution in [0, 0.1) is 5.41 Å². The zero-order valence-electron chi connectivity index (χ0n) is 9.39. The molecule has 0 amide bonds. The summed E-state index contributed by atoms with van der Waals surface area (Å²) in [4.78, 5) is 0. The Morgan fingerprint density at radius 3 is 2.73 bits per heavy atom. The Hall–Kier alpha value is -0.530. The van der Waals surface area contributed by atoms with E-state index in [1.165, 1.54) is 18.4 Å². The van der Waals surface area contributed by atoms with Crippen molar-refractivity contribution in [3.63, 3.8) is 0 Å². The predicted octanol–water partition coefficient (Wildman–Crippen LogP) is 3.27. The fraction of sp³-hybridized carbons (Fsp3) is 0.538. The molecular weight excluding hydrogens is 206 g/mol. The summed E-state index contributed by atoms with van der Waals surface area (Å²) in [5, 5.41) is 4.27. The summed E-state index contributed by atoms with van der Waals surface area (Å²) in [6.45, 7) is 2.36. The van der Waals surface area contributed by atoms with Gasteiger partial charge in [0.1, 0.15) is 0 Å². The SMILES string of the molecule is CNC(Cc1cccc(Cl)c1)C1(C)CC1. The standard InChI is InChI=1S/C13H18ClN/c1-13(6-7-13)12(15-2)9-10-4-3-5-11(14)8-10/h3-5,8,12,15H,6-7,9H2,1-2H3. The van der Waals surface area contributed by atoms with Crippen LogP contribution in [0.4, 0.5) is 0 Å². The summed E-state index contributed by atoms with van der Waals surface area (Å²) < 4.78 is 0. The van der Waals surface area contributed by atoms with Crippen LogP contribution in [0.5, 0.6) is 0 Å². The molecule has 1 atom stereocenters. The van der Waals surface area contributed by atoms with Gasteiger partial charge in [-0.1, -0.05) is 30.7 Å². The monoisotopic (exact) mass is 223 g/mol. The molecule has 0 radical (unpaired) electrons. The molecule has 1 aliphatic rings. The Labute approximate surface area is 96.8 Å². The van der Waals surface area contributed by atoms with Crippen molar-refractivity contribution in [1.29, 1.82) is 0 Å². The third-order valence-electron chi connectivity index (χ3n) is 3.56. The van der Waals surface area contributed by atoms with E-state index in [2.05, 4.69) is 31.4 Å². The van der Waals surface area contributed by atoms with Crippen LogP contribution in [0.2, 0.25) is 5.02 Å². The third kappa shape index (κ3) is 2.53. The maximum absolute atomic E-state index is 5.98. The highest BCUT2D eigenvalue weighted by Crippen LogP contribution is 2.48. The second-order valence-corrected chi connectivity index (χ2v) is 5.27. The van der Waals surface area contributed by atoms with E-state index in [0.29, 0.717) is 11.5 Å². The number of nitrogens with one attached hydrogen (secondary N) is 1. The third-order valence-corrected chi connectivity index (χ3v) is 3.79. The molecule has 0 heterocycles. The summed E-state index contributed by atoms with van der Waals surface area (Å²) in [6.07, 6.45) is 3.77. The van der Waals surface area contributed by atoms with Crippen LogP contribution in [0.1, 0.15) is 25.3 Å². The van der Waals surface area contributed by atoms with Crippen molar-refractivity contribution in [2.24, 2.45) is 5.41 Å². The van der Waals surface area contributed by atoms with Gasteiger partial charge < -0.3 is 5.32 Å². The summed E-state index contributed by atoms with van der Waals surface area (Å²) in [6, 6.07) is 8.76. The van der Waals surface area contributed by atoms with E-state index in [-0.39, 0.29) is 0 Å². The second-order valence-electron chi connectivity index (χ2n) is 4.83. The van der Waals surface area contributed by atoms with Crippen molar-refractivity contribution in [2.75, 3.05) is 7.05 Å². The molecule has 1 saturated carbocycles. The molecule has 1 N–H and O–H groups in total. The molecular formula is C13H18ClN. The topological polar surface area (TPSA) is 12.0 Å². The van der Waals surface area contributed by atoms with Crippen LogP contribution in [-0.2, 0) is 6.42 Å². The van der Waals surface area contributed by atoms with Crippen LogP contribution in [-0.4, -0.2) is 13.1 Å². The molecule has 0 bridgehead atoms. The van der Waals surface area contributed by atoms with Gasteiger partial charge in [-0.05, 0) is 49.4 Å². The minimum Gasteiger partial charge on any atom is -0.316 e. The molecule has 1 fully saturated rings. The minimum absolute atomic E-state index is 0.511. The maximum atomic E-state index is 5.98. The molecule has 0 aromatic heterocycles. The molecule has 1 unspecified atom stereocenters. The van der Waals surface area contributed by atoms with Gasteiger partial charge in [-0.3, -0.25) is 0 Å². The highest BCUT2D eigenvalue weighted by atomic mass is 35.5. The molecule has 0 aliphatic heterocycles. The molecule has 1 nitrogen and oxygen atoms in total. The Morgan fingerprint density at radius 2 is 2.20 bits per heavy atom. The van der Waals surface area contributed by atoms with E-state index >= 15 is 0 Å². The number of likely N-dealkylation sites (N-methyl/N-ethyl adjacent to an activating group) is 1. The van der Waals surface area contributed by atoms with Crippen LogP contribution < -0.4 is 5.32 Å². The summed E-state index contributed by atoms with van der Waals surface area (Å²) in [5.74, 6) is 0. The van der Waals surface area contributed by atoms with E-state index in [9.17, 15) is 0 Å². The van der Waals surface area contributed by atoms with Crippen molar-refractivity contribution in [2.45, 2.75) is 32.2 Å². The first-order valence-electron chi connectivity index (χ1n) is 5.56. The van der Waals surface area contributed by atoms with Gasteiger partial charge >= 0.3 is 0 Å². The molecule has 0 spiro atoms. The van der Waals surface area contributed by atoms with Crippen LogP contribution >= 0.6 is 11.6 Å². The quantitative estimate of drug-likeness (QED) is 0.826. The van der Waals surface area contributed by atoms with E-state index in [0.717, 1.165) is 11.4 Å². The first kappa shape index (κ1) is 11.0. The van der Waals surface area contributed by atoms with Gasteiger partial charge in [0.25, 0.3) is 0 Å². The largest absolute Gasteiger partial charge is 0.316 e. The lowest BCUT2D eigenvalue weighted by Gasteiger charge is -2.23. The van der Waals surface area contributed by atoms with Gasteiger partial charge in [-0.2, -0.15) is 0 Å². The lowest BCUT2D eigenvalue weighted by atomic mass is 9.92. The summed E-state index contributed by atoms with van der Waals surface area (Å²) in [5.41, 5.74) is 1.84. The highest BCUT2D eigenvalue weighted by Gasteiger charge is 2.43. The fourth-order valence-corrected chi connectivity index (χ4v) is 2.36. The lowest BCUT2D eigenvalue weighted by Crippen LogP contribution is -2.35. The average Bonchev–Trinajstić information content (AvgIpc) is 2.94. The smallest absolute Gasteiger partial charge is 0.0408 e. The van der Waals surface area contributed by atoms with Crippen LogP contribution in [0.15, 0.2) is 24.3 Å². The van der Waals surface area contributed by atoms with E-state index in [4.69, 9.17) is 11.6 Å². The van der Waals surface area contributed by atoms with Gasteiger partial charge in [0.15, 0.2) is 0 Å². The molecule has 0 saturated heterocycles. The van der Waals surface area contributed by atoms with Gasteiger partial charge in [-0.15, -0.1) is 0 Å². The molecule has 15 heavy (non-hydrogen) atoms. The zero-order chi connectivity index (χ0) is 10.9. The molecule has 2 rings (SSSR count). The first-order valence-corrected chi connectivity index (χ1v) is 5.93. The fourth-order valence-electron chi connectivity index (χ4n) is 2.14. The van der Waals surface area contributed by atoms with Crippen molar-refractivity contribution < 1.29 is 0 Å². The number of hydrogen-bond acceptors (Lipinski definition) is 1. The number of hydrogen-bond donors (Lipinski definition) is 1.